The van der Waals surface area contributed by atoms with Crippen LogP contribution in [-0.2, 0) is 26.7 Å². The van der Waals surface area contributed by atoms with E-state index >= 15 is 0 Å². The van der Waals surface area contributed by atoms with Crippen LogP contribution in [0, 0.1) is 0 Å². The first-order chi connectivity index (χ1) is 8.67. The van der Waals surface area contributed by atoms with E-state index in [1.54, 1.807) is 0 Å². The summed E-state index contributed by atoms with van der Waals surface area (Å²) in [5.74, 6) is 0.881. The lowest BCUT2D eigenvalue weighted by molar-refractivity contribution is 0.265. The lowest BCUT2D eigenvalue weighted by Gasteiger charge is -2.12. The number of nitrogens with one attached hydrogen (secondary N) is 1. The van der Waals surface area contributed by atoms with Crippen molar-refractivity contribution in [1.29, 1.82) is 0 Å². The highest BCUT2D eigenvalue weighted by Gasteiger charge is 2.08. The van der Waals surface area contributed by atoms with Crippen LogP contribution >= 0.6 is 0 Å². The molecule has 0 aliphatic carbocycles. The molecule has 0 aromatic carbocycles. The highest BCUT2D eigenvalue weighted by molar-refractivity contribution is 5.06. The largest absolute Gasteiger partial charge is 0.360 e. The van der Waals surface area contributed by atoms with Gasteiger partial charge in [-0.1, -0.05) is 5.16 Å². The molecule has 0 spiro atoms. The zero-order chi connectivity index (χ0) is 13.0. The third-order valence-corrected chi connectivity index (χ3v) is 2.60. The van der Waals surface area contributed by atoms with Gasteiger partial charge in [-0.15, -0.1) is 0 Å². The first-order valence-electron chi connectivity index (χ1n) is 5.92. The molecule has 2 heterocycles. The Bertz CT molecular complexity index is 490. The Kier molecular flexibility index (Phi) is 4.11. The maximum atomic E-state index is 5.28. The van der Waals surface area contributed by atoms with Gasteiger partial charge in [0.05, 0.1) is 18.4 Å². The number of rotatable bonds is 6. The summed E-state index contributed by atoms with van der Waals surface area (Å²) in [5.41, 5.74) is 2.12. The highest BCUT2D eigenvalue weighted by Crippen LogP contribution is 2.09. The Morgan fingerprint density at radius 1 is 1.44 bits per heavy atom. The molecular weight excluding hydrogens is 230 g/mol. The summed E-state index contributed by atoms with van der Waals surface area (Å²) in [7, 11) is 5.86. The second-order valence-electron chi connectivity index (χ2n) is 4.51. The van der Waals surface area contributed by atoms with Crippen LogP contribution in [0.25, 0.3) is 0 Å². The predicted octanol–water partition coefficient (Wildman–Crippen LogP) is 0.759. The molecule has 98 valence electrons. The number of aryl methyl sites for hydroxylation is 1. The van der Waals surface area contributed by atoms with Gasteiger partial charge in [-0.2, -0.15) is 5.10 Å². The molecule has 6 heteroatoms. The first kappa shape index (κ1) is 12.8. The van der Waals surface area contributed by atoms with Gasteiger partial charge in [0.15, 0.2) is 5.76 Å². The average molecular weight is 249 g/mol. The summed E-state index contributed by atoms with van der Waals surface area (Å²) >= 11 is 0. The van der Waals surface area contributed by atoms with Gasteiger partial charge in [0.25, 0.3) is 0 Å². The summed E-state index contributed by atoms with van der Waals surface area (Å²) in [6.07, 6.45) is 3.90. The van der Waals surface area contributed by atoms with Crippen LogP contribution in [0.4, 0.5) is 0 Å². The Hall–Kier alpha value is -1.66. The summed E-state index contributed by atoms with van der Waals surface area (Å²) in [5, 5.41) is 11.2. The summed E-state index contributed by atoms with van der Waals surface area (Å²) in [6, 6.07) is 1.98. The molecule has 1 N–H and O–H groups in total. The molecule has 0 atom stereocenters. The fourth-order valence-corrected chi connectivity index (χ4v) is 1.88. The summed E-state index contributed by atoms with van der Waals surface area (Å²) < 4.78 is 7.09. The van der Waals surface area contributed by atoms with E-state index in [2.05, 4.69) is 20.5 Å². The molecule has 2 aromatic rings. The van der Waals surface area contributed by atoms with Gasteiger partial charge in [-0.05, 0) is 14.1 Å². The minimum absolute atomic E-state index is 0.732. The van der Waals surface area contributed by atoms with Gasteiger partial charge in [-0.25, -0.2) is 0 Å². The van der Waals surface area contributed by atoms with Crippen molar-refractivity contribution in [3.05, 3.63) is 35.5 Å². The Labute approximate surface area is 107 Å². The molecule has 0 unspecified atom stereocenters. The minimum Gasteiger partial charge on any atom is -0.360 e. The van der Waals surface area contributed by atoms with E-state index in [1.165, 1.54) is 5.56 Å². The second-order valence-corrected chi connectivity index (χ2v) is 4.51. The van der Waals surface area contributed by atoms with Crippen LogP contribution in [0.5, 0.6) is 0 Å². The van der Waals surface area contributed by atoms with Gasteiger partial charge in [0.2, 0.25) is 0 Å². The van der Waals surface area contributed by atoms with Crippen molar-refractivity contribution >= 4 is 0 Å². The van der Waals surface area contributed by atoms with Crippen molar-refractivity contribution in [2.24, 2.45) is 7.05 Å². The van der Waals surface area contributed by atoms with E-state index in [0.717, 1.165) is 31.1 Å². The molecular formula is C12H19N5O. The molecule has 0 bridgehead atoms. The quantitative estimate of drug-likeness (QED) is 0.819. The van der Waals surface area contributed by atoms with Crippen LogP contribution in [0.1, 0.15) is 17.0 Å². The third-order valence-electron chi connectivity index (χ3n) is 2.60. The lowest BCUT2D eigenvalue weighted by atomic mass is 10.3. The lowest BCUT2D eigenvalue weighted by Crippen LogP contribution is -2.16. The number of aromatic nitrogens is 3. The Balaban J connectivity index is 1.88. The first-order valence-corrected chi connectivity index (χ1v) is 5.92. The van der Waals surface area contributed by atoms with Gasteiger partial charge < -0.3 is 9.84 Å². The van der Waals surface area contributed by atoms with Gasteiger partial charge in [-0.3, -0.25) is 9.58 Å². The van der Waals surface area contributed by atoms with E-state index in [9.17, 15) is 0 Å². The number of hydrogen-bond acceptors (Lipinski definition) is 5. The predicted molar refractivity (Wildman–Crippen MR) is 67.6 cm³/mol. The van der Waals surface area contributed by atoms with Crippen molar-refractivity contribution < 1.29 is 4.52 Å². The summed E-state index contributed by atoms with van der Waals surface area (Å²) in [6.45, 7) is 2.32. The van der Waals surface area contributed by atoms with Crippen molar-refractivity contribution in [1.82, 2.24) is 25.2 Å². The van der Waals surface area contributed by atoms with Crippen LogP contribution in [0.2, 0.25) is 0 Å². The highest BCUT2D eigenvalue weighted by atomic mass is 16.5. The van der Waals surface area contributed by atoms with Gasteiger partial charge >= 0.3 is 0 Å². The number of hydrogen-bond donors (Lipinski definition) is 1. The Morgan fingerprint density at radius 2 is 2.28 bits per heavy atom. The van der Waals surface area contributed by atoms with E-state index in [4.69, 9.17) is 4.52 Å². The third kappa shape index (κ3) is 3.41. The van der Waals surface area contributed by atoms with Crippen molar-refractivity contribution in [3.63, 3.8) is 0 Å². The fourth-order valence-electron chi connectivity index (χ4n) is 1.88. The van der Waals surface area contributed by atoms with Crippen LogP contribution in [-0.4, -0.2) is 33.9 Å². The van der Waals surface area contributed by atoms with Gasteiger partial charge in [0.1, 0.15) is 0 Å². The second kappa shape index (κ2) is 5.79. The molecule has 2 aromatic heterocycles. The molecule has 0 saturated heterocycles. The Morgan fingerprint density at radius 3 is 2.94 bits per heavy atom. The molecule has 0 saturated carbocycles. The maximum Gasteiger partial charge on any atom is 0.151 e. The van der Waals surface area contributed by atoms with E-state index in [0.29, 0.717) is 0 Å². The SMILES string of the molecule is CNCc1cc(CN(C)Cc2cnn(C)c2)on1. The molecule has 0 radical (unpaired) electrons. The van der Waals surface area contributed by atoms with Crippen LogP contribution in [0.3, 0.4) is 0 Å². The monoisotopic (exact) mass is 249 g/mol. The molecule has 18 heavy (non-hydrogen) atoms. The molecule has 0 amide bonds. The van der Waals surface area contributed by atoms with Crippen molar-refractivity contribution in [3.8, 4) is 0 Å². The minimum atomic E-state index is 0.732. The zero-order valence-electron chi connectivity index (χ0n) is 11.1. The zero-order valence-corrected chi connectivity index (χ0v) is 11.1. The van der Waals surface area contributed by atoms with Gasteiger partial charge in [0, 0.05) is 38.0 Å². The molecule has 0 aliphatic rings. The topological polar surface area (TPSA) is 59.1 Å². The van der Waals surface area contributed by atoms with E-state index in [1.807, 2.05) is 44.3 Å². The van der Waals surface area contributed by atoms with Crippen molar-refractivity contribution in [2.75, 3.05) is 14.1 Å². The maximum absolute atomic E-state index is 5.28. The smallest absolute Gasteiger partial charge is 0.151 e. The normalized spacial score (nSPS) is 11.3. The number of nitrogens with zero attached hydrogens (tertiary/aromatic N) is 4. The summed E-state index contributed by atoms with van der Waals surface area (Å²) in [4.78, 5) is 2.17. The average Bonchev–Trinajstić information content (AvgIpc) is 2.89. The van der Waals surface area contributed by atoms with E-state index in [-0.39, 0.29) is 0 Å². The van der Waals surface area contributed by atoms with Crippen molar-refractivity contribution in [2.45, 2.75) is 19.6 Å². The van der Waals surface area contributed by atoms with Crippen LogP contribution in [0.15, 0.2) is 23.0 Å². The molecule has 2 rings (SSSR count). The van der Waals surface area contributed by atoms with Crippen LogP contribution < -0.4 is 5.32 Å². The molecule has 0 fully saturated rings. The van der Waals surface area contributed by atoms with E-state index < -0.39 is 0 Å². The standard InChI is InChI=1S/C12H19N5O/c1-13-6-11-4-12(18-15-11)9-16(2)7-10-5-14-17(3)8-10/h4-5,8,13H,6-7,9H2,1-3H3. The molecule has 6 nitrogen and oxygen atoms in total. The molecule has 0 aliphatic heterocycles. The fraction of sp³-hybridized carbons (Fsp3) is 0.500.